The van der Waals surface area contributed by atoms with Crippen molar-refractivity contribution < 1.29 is 14.4 Å². The van der Waals surface area contributed by atoms with Crippen molar-refractivity contribution in [2.24, 2.45) is 0 Å². The van der Waals surface area contributed by atoms with Crippen LogP contribution in [0.1, 0.15) is 6.92 Å². The van der Waals surface area contributed by atoms with Crippen molar-refractivity contribution in [1.29, 1.82) is 0 Å². The van der Waals surface area contributed by atoms with E-state index >= 15 is 0 Å². The lowest BCUT2D eigenvalue weighted by molar-refractivity contribution is -0.464. The summed E-state index contributed by atoms with van der Waals surface area (Å²) in [5.74, 6) is 1.27. The van der Waals surface area contributed by atoms with Crippen molar-refractivity contribution in [3.8, 4) is 11.5 Å². The van der Waals surface area contributed by atoms with Crippen LogP contribution in [0, 0.1) is 10.1 Å². The maximum Gasteiger partial charge on any atom is 0.223 e. The van der Waals surface area contributed by atoms with Gasteiger partial charge in [-0.1, -0.05) is 6.08 Å². The predicted octanol–water partition coefficient (Wildman–Crippen LogP) is 1.11. The lowest BCUT2D eigenvalue weighted by Crippen LogP contribution is -2.28. The molecule has 0 N–H and O–H groups in total. The Morgan fingerprint density at radius 2 is 2.05 bits per heavy atom. The summed E-state index contributed by atoms with van der Waals surface area (Å²) in [5.41, 5.74) is 0.720. The molecule has 0 radical (unpaired) electrons. The Morgan fingerprint density at radius 1 is 1.29 bits per heavy atom. The summed E-state index contributed by atoms with van der Waals surface area (Å²) >= 11 is 0. The summed E-state index contributed by atoms with van der Waals surface area (Å²) in [4.78, 5) is 14.7. The molecule has 0 aliphatic carbocycles. The van der Waals surface area contributed by atoms with Gasteiger partial charge in [0.25, 0.3) is 0 Å². The van der Waals surface area contributed by atoms with Crippen LogP contribution < -0.4 is 20.0 Å². The molecule has 1 aromatic carbocycles. The first-order valence-electron chi connectivity index (χ1n) is 6.40. The second-order valence-electron chi connectivity index (χ2n) is 4.37. The SMILES string of the molecule is C/C=c1/nc2cc(OC)cc(OC)c2c/c1=C/C[N+](=O)[O-]. The minimum absolute atomic E-state index is 0.244. The number of nitrogens with zero attached hydrogens (tertiary/aromatic N) is 2. The molecule has 0 saturated carbocycles. The third-order valence-corrected chi connectivity index (χ3v) is 3.12. The standard InChI is InChI=1S/C15H16N2O4/c1-4-13-10(5-6-17(18)19)7-12-14(16-13)8-11(20-2)9-15(12)21-3/h4-5,7-9H,6H2,1-3H3/b10-5-,13-4+. The highest BCUT2D eigenvalue weighted by atomic mass is 16.6. The summed E-state index contributed by atoms with van der Waals surface area (Å²) in [5, 5.41) is 12.7. The van der Waals surface area contributed by atoms with Gasteiger partial charge in [0.1, 0.15) is 11.5 Å². The molecule has 0 aliphatic heterocycles. The Balaban J connectivity index is 2.79. The van der Waals surface area contributed by atoms with Crippen molar-refractivity contribution in [1.82, 2.24) is 4.98 Å². The van der Waals surface area contributed by atoms with Gasteiger partial charge < -0.3 is 9.47 Å². The number of hydrogen-bond donors (Lipinski definition) is 0. The molecule has 0 aliphatic rings. The summed E-state index contributed by atoms with van der Waals surface area (Å²) in [7, 11) is 3.14. The van der Waals surface area contributed by atoms with Crippen LogP contribution in [-0.2, 0) is 0 Å². The molecular formula is C15H16N2O4. The molecule has 0 amide bonds. The van der Waals surface area contributed by atoms with Crippen molar-refractivity contribution in [2.45, 2.75) is 6.92 Å². The zero-order valence-corrected chi connectivity index (χ0v) is 12.1. The molecule has 0 unspecified atom stereocenters. The Kier molecular flexibility index (Phi) is 4.37. The molecule has 1 heterocycles. The molecule has 0 bridgehead atoms. The van der Waals surface area contributed by atoms with Gasteiger partial charge >= 0.3 is 0 Å². The van der Waals surface area contributed by atoms with E-state index in [2.05, 4.69) is 4.98 Å². The first kappa shape index (κ1) is 14.8. The molecule has 21 heavy (non-hydrogen) atoms. The second kappa shape index (κ2) is 6.21. The molecule has 0 spiro atoms. The summed E-state index contributed by atoms with van der Waals surface area (Å²) < 4.78 is 10.6. The van der Waals surface area contributed by atoms with Crippen molar-refractivity contribution in [3.05, 3.63) is 38.9 Å². The molecule has 2 aromatic rings. The number of pyridine rings is 1. The number of hydrogen-bond acceptors (Lipinski definition) is 5. The number of benzene rings is 1. The monoisotopic (exact) mass is 288 g/mol. The quantitative estimate of drug-likeness (QED) is 0.622. The van der Waals surface area contributed by atoms with Crippen molar-refractivity contribution in [3.63, 3.8) is 0 Å². The molecule has 2 rings (SSSR count). The fourth-order valence-electron chi connectivity index (χ4n) is 2.10. The van der Waals surface area contributed by atoms with Gasteiger partial charge in [0.05, 0.1) is 25.1 Å². The molecule has 6 nitrogen and oxygen atoms in total. The summed E-state index contributed by atoms with van der Waals surface area (Å²) in [6, 6.07) is 5.41. The van der Waals surface area contributed by atoms with Crippen molar-refractivity contribution >= 4 is 23.1 Å². The lowest BCUT2D eigenvalue weighted by atomic mass is 10.1. The van der Waals surface area contributed by atoms with Gasteiger partial charge in [-0.15, -0.1) is 0 Å². The van der Waals surface area contributed by atoms with Crippen LogP contribution in [-0.4, -0.2) is 30.7 Å². The second-order valence-corrected chi connectivity index (χ2v) is 4.37. The maximum absolute atomic E-state index is 10.5. The van der Waals surface area contributed by atoms with Crippen LogP contribution in [0.15, 0.2) is 18.2 Å². The summed E-state index contributed by atoms with van der Waals surface area (Å²) in [6.07, 6.45) is 3.36. The van der Waals surface area contributed by atoms with Crippen LogP contribution in [0.25, 0.3) is 23.1 Å². The number of aromatic nitrogens is 1. The first-order chi connectivity index (χ1) is 10.1. The topological polar surface area (TPSA) is 74.5 Å². The highest BCUT2D eigenvalue weighted by Crippen LogP contribution is 2.28. The average molecular weight is 288 g/mol. The number of nitro groups is 1. The third-order valence-electron chi connectivity index (χ3n) is 3.12. The van der Waals surface area contributed by atoms with E-state index in [1.807, 2.05) is 25.1 Å². The van der Waals surface area contributed by atoms with E-state index in [4.69, 9.17) is 9.47 Å². The van der Waals surface area contributed by atoms with Gasteiger partial charge in [-0.05, 0) is 19.1 Å². The van der Waals surface area contributed by atoms with E-state index in [-0.39, 0.29) is 11.5 Å². The van der Waals surface area contributed by atoms with Gasteiger partial charge in [0.2, 0.25) is 6.54 Å². The average Bonchev–Trinajstić information content (AvgIpc) is 2.50. The summed E-state index contributed by atoms with van der Waals surface area (Å²) in [6.45, 7) is 1.60. The fourth-order valence-corrected chi connectivity index (χ4v) is 2.10. The maximum atomic E-state index is 10.5. The van der Waals surface area contributed by atoms with Crippen LogP contribution in [0.3, 0.4) is 0 Å². The van der Waals surface area contributed by atoms with Gasteiger partial charge in [0, 0.05) is 27.7 Å². The zero-order valence-electron chi connectivity index (χ0n) is 12.1. The Labute approximate surface area is 121 Å². The van der Waals surface area contributed by atoms with Gasteiger partial charge in [-0.3, -0.25) is 10.1 Å². The Morgan fingerprint density at radius 3 is 2.62 bits per heavy atom. The van der Waals surface area contributed by atoms with E-state index < -0.39 is 0 Å². The zero-order chi connectivity index (χ0) is 15.4. The molecule has 1 aromatic heterocycles. The van der Waals surface area contributed by atoms with E-state index in [0.717, 1.165) is 10.9 Å². The normalized spacial score (nSPS) is 12.7. The van der Waals surface area contributed by atoms with E-state index in [1.165, 1.54) is 0 Å². The largest absolute Gasteiger partial charge is 0.497 e. The van der Waals surface area contributed by atoms with Crippen LogP contribution in [0.5, 0.6) is 11.5 Å². The highest BCUT2D eigenvalue weighted by Gasteiger charge is 2.07. The number of ether oxygens (including phenoxy) is 2. The van der Waals surface area contributed by atoms with E-state index in [9.17, 15) is 10.1 Å². The van der Waals surface area contributed by atoms with Gasteiger partial charge in [-0.2, -0.15) is 0 Å². The van der Waals surface area contributed by atoms with E-state index in [0.29, 0.717) is 22.1 Å². The molecule has 6 heteroatoms. The lowest BCUT2D eigenvalue weighted by Gasteiger charge is -2.08. The first-order valence-corrected chi connectivity index (χ1v) is 6.40. The van der Waals surface area contributed by atoms with E-state index in [1.54, 1.807) is 26.4 Å². The molecule has 0 atom stereocenters. The number of methoxy groups -OCH3 is 2. The smallest absolute Gasteiger partial charge is 0.223 e. The molecule has 110 valence electrons. The number of fused-ring (bicyclic) bond motifs is 1. The third kappa shape index (κ3) is 3.10. The van der Waals surface area contributed by atoms with Crippen LogP contribution in [0.4, 0.5) is 0 Å². The number of rotatable bonds is 4. The minimum atomic E-state index is -0.380. The van der Waals surface area contributed by atoms with Gasteiger partial charge in [-0.25, -0.2) is 4.98 Å². The van der Waals surface area contributed by atoms with Crippen LogP contribution >= 0.6 is 0 Å². The Hall–Kier alpha value is -2.63. The minimum Gasteiger partial charge on any atom is -0.497 e. The molecular weight excluding hydrogens is 272 g/mol. The fraction of sp³-hybridized carbons (Fsp3) is 0.267. The van der Waals surface area contributed by atoms with Crippen molar-refractivity contribution in [2.75, 3.05) is 20.8 Å². The molecule has 0 fully saturated rings. The highest BCUT2D eigenvalue weighted by molar-refractivity contribution is 5.86. The van der Waals surface area contributed by atoms with Crippen LogP contribution in [0.2, 0.25) is 0 Å². The Bertz CT molecular complexity index is 799. The predicted molar refractivity (Wildman–Crippen MR) is 80.6 cm³/mol. The van der Waals surface area contributed by atoms with Gasteiger partial charge in [0.15, 0.2) is 0 Å². The molecule has 0 saturated heterocycles.